The van der Waals surface area contributed by atoms with Crippen LogP contribution in [0.3, 0.4) is 0 Å². The topological polar surface area (TPSA) is 78.7 Å². The predicted octanol–water partition coefficient (Wildman–Crippen LogP) is 1.70. The molecule has 3 rings (SSSR count). The van der Waals surface area contributed by atoms with Gasteiger partial charge in [0.2, 0.25) is 5.91 Å². The van der Waals surface area contributed by atoms with Crippen LogP contribution in [0.15, 0.2) is 30.3 Å². The second-order valence-corrected chi connectivity index (χ2v) is 7.07. The zero-order chi connectivity index (χ0) is 17.6. The van der Waals surface area contributed by atoms with Crippen molar-refractivity contribution in [1.29, 1.82) is 0 Å². The van der Waals surface area contributed by atoms with Gasteiger partial charge in [0.05, 0.1) is 0 Å². The minimum atomic E-state index is -0.771. The summed E-state index contributed by atoms with van der Waals surface area (Å²) in [5, 5.41) is 2.16. The van der Waals surface area contributed by atoms with E-state index in [1.165, 1.54) is 31.2 Å². The number of nitrogens with two attached hydrogens (primary N) is 1. The van der Waals surface area contributed by atoms with E-state index in [1.54, 1.807) is 0 Å². The normalized spacial score (nSPS) is 24.5. The maximum atomic E-state index is 11.7. The summed E-state index contributed by atoms with van der Waals surface area (Å²) in [7, 11) is 0. The van der Waals surface area contributed by atoms with Gasteiger partial charge in [-0.25, -0.2) is 4.79 Å². The Labute approximate surface area is 149 Å². The molecule has 1 aromatic rings. The Balaban J connectivity index is 1.57. The molecule has 0 aromatic heterocycles. The first kappa shape index (κ1) is 17.9. The highest BCUT2D eigenvalue weighted by molar-refractivity contribution is 5.93. The Morgan fingerprint density at radius 2 is 1.68 bits per heavy atom. The van der Waals surface area contributed by atoms with Crippen molar-refractivity contribution < 1.29 is 9.59 Å². The second-order valence-electron chi connectivity index (χ2n) is 7.07. The molecule has 2 saturated heterocycles. The van der Waals surface area contributed by atoms with Gasteiger partial charge in [-0.05, 0) is 44.3 Å². The lowest BCUT2D eigenvalue weighted by molar-refractivity contribution is -0.120. The Bertz CT molecular complexity index is 592. The summed E-state index contributed by atoms with van der Waals surface area (Å²) in [4.78, 5) is 27.5. The third-order valence-electron chi connectivity index (χ3n) is 5.39. The maximum absolute atomic E-state index is 11.7. The molecule has 1 aromatic carbocycles. The van der Waals surface area contributed by atoms with Gasteiger partial charge in [0.1, 0.15) is 0 Å². The zero-order valence-corrected chi connectivity index (χ0v) is 14.7. The second kappa shape index (κ2) is 8.45. The average molecular weight is 344 g/mol. The molecule has 0 radical (unpaired) electrons. The largest absolute Gasteiger partial charge is 0.351 e. The van der Waals surface area contributed by atoms with Crippen LogP contribution in [0.25, 0.3) is 0 Å². The van der Waals surface area contributed by atoms with Crippen LogP contribution in [0.5, 0.6) is 0 Å². The Kier molecular flexibility index (Phi) is 6.04. The van der Waals surface area contributed by atoms with Crippen molar-refractivity contribution in [3.63, 3.8) is 0 Å². The number of imide groups is 1. The van der Waals surface area contributed by atoms with Crippen LogP contribution < -0.4 is 11.1 Å². The van der Waals surface area contributed by atoms with Gasteiger partial charge in [0, 0.05) is 31.6 Å². The number of nitrogens with one attached hydrogen (secondary N) is 1. The quantitative estimate of drug-likeness (QED) is 0.823. The van der Waals surface area contributed by atoms with Crippen molar-refractivity contribution in [2.45, 2.75) is 50.7 Å². The van der Waals surface area contributed by atoms with Gasteiger partial charge >= 0.3 is 6.03 Å². The van der Waals surface area contributed by atoms with E-state index in [2.05, 4.69) is 45.4 Å². The van der Waals surface area contributed by atoms with E-state index in [9.17, 15) is 9.59 Å². The number of primary amides is 1. The van der Waals surface area contributed by atoms with Crippen molar-refractivity contribution >= 4 is 11.9 Å². The van der Waals surface area contributed by atoms with Crippen molar-refractivity contribution in [3.05, 3.63) is 35.9 Å². The summed E-state index contributed by atoms with van der Waals surface area (Å²) in [5.74, 6) is -0.286. The number of benzene rings is 1. The molecule has 2 fully saturated rings. The smallest absolute Gasteiger partial charge is 0.318 e. The molecule has 0 unspecified atom stereocenters. The predicted molar refractivity (Wildman–Crippen MR) is 96.8 cm³/mol. The van der Waals surface area contributed by atoms with Crippen molar-refractivity contribution in [2.75, 3.05) is 19.6 Å². The van der Waals surface area contributed by atoms with Crippen molar-refractivity contribution in [2.24, 2.45) is 5.73 Å². The highest BCUT2D eigenvalue weighted by Crippen LogP contribution is 2.31. The number of likely N-dealkylation sites (tertiary alicyclic amines) is 2. The standard InChI is InChI=1S/C19H28N4O2/c20-19(25)21-18(24)10-13-22-11-4-8-16(22)17-9-5-12-23(17)14-15-6-2-1-3-7-15/h1-3,6-7,16-17H,4-5,8-14H2,(H3,20,21,24,25)/t16-,17-/m0/s1. The number of rotatable bonds is 6. The number of nitrogens with zero attached hydrogens (tertiary/aromatic N) is 2. The van der Waals surface area contributed by atoms with Crippen LogP contribution in [0.1, 0.15) is 37.7 Å². The molecule has 2 atom stereocenters. The van der Waals surface area contributed by atoms with Crippen LogP contribution in [0.4, 0.5) is 4.79 Å². The first-order valence-electron chi connectivity index (χ1n) is 9.25. The number of carbonyl (C=O) groups is 2. The Hall–Kier alpha value is -1.92. The molecule has 2 aliphatic heterocycles. The van der Waals surface area contributed by atoms with Gasteiger partial charge in [-0.2, -0.15) is 0 Å². The van der Waals surface area contributed by atoms with Crippen molar-refractivity contribution in [3.8, 4) is 0 Å². The monoisotopic (exact) mass is 344 g/mol. The molecular weight excluding hydrogens is 316 g/mol. The van der Waals surface area contributed by atoms with E-state index in [-0.39, 0.29) is 5.91 Å². The molecule has 0 saturated carbocycles. The molecular formula is C19H28N4O2. The third kappa shape index (κ3) is 4.80. The lowest BCUT2D eigenvalue weighted by atomic mass is 10.0. The highest BCUT2D eigenvalue weighted by Gasteiger charge is 2.37. The van der Waals surface area contributed by atoms with Crippen LogP contribution in [-0.2, 0) is 11.3 Å². The molecule has 25 heavy (non-hydrogen) atoms. The first-order chi connectivity index (χ1) is 12.1. The fourth-order valence-electron chi connectivity index (χ4n) is 4.31. The van der Waals surface area contributed by atoms with Gasteiger partial charge in [-0.15, -0.1) is 0 Å². The molecule has 2 aliphatic rings. The molecule has 2 heterocycles. The van der Waals surface area contributed by atoms with Gasteiger partial charge in [0.25, 0.3) is 0 Å². The van der Waals surface area contributed by atoms with E-state index in [4.69, 9.17) is 5.73 Å². The van der Waals surface area contributed by atoms with Crippen LogP contribution in [-0.4, -0.2) is 53.5 Å². The Morgan fingerprint density at radius 1 is 1.04 bits per heavy atom. The molecule has 6 nitrogen and oxygen atoms in total. The average Bonchev–Trinajstić information content (AvgIpc) is 3.22. The minimum Gasteiger partial charge on any atom is -0.351 e. The fourth-order valence-corrected chi connectivity index (χ4v) is 4.31. The minimum absolute atomic E-state index is 0.286. The summed E-state index contributed by atoms with van der Waals surface area (Å²) in [5.41, 5.74) is 6.37. The number of amides is 3. The van der Waals surface area contributed by atoms with Gasteiger partial charge < -0.3 is 5.73 Å². The van der Waals surface area contributed by atoms with Crippen LogP contribution in [0, 0.1) is 0 Å². The number of hydrogen-bond donors (Lipinski definition) is 2. The lowest BCUT2D eigenvalue weighted by Gasteiger charge is -2.35. The SMILES string of the molecule is NC(=O)NC(=O)CCN1CCC[C@H]1[C@@H]1CCCN1Cc1ccccc1. The van der Waals surface area contributed by atoms with Crippen LogP contribution >= 0.6 is 0 Å². The van der Waals surface area contributed by atoms with E-state index >= 15 is 0 Å². The molecule has 6 heteroatoms. The number of hydrogen-bond acceptors (Lipinski definition) is 4. The fraction of sp³-hybridized carbons (Fsp3) is 0.579. The van der Waals surface area contributed by atoms with Crippen molar-refractivity contribution in [1.82, 2.24) is 15.1 Å². The summed E-state index contributed by atoms with van der Waals surface area (Å²) in [6.45, 7) is 3.87. The summed E-state index contributed by atoms with van der Waals surface area (Å²) < 4.78 is 0. The number of carbonyl (C=O) groups excluding carboxylic acids is 2. The van der Waals surface area contributed by atoms with E-state index in [0.717, 1.165) is 19.6 Å². The summed E-state index contributed by atoms with van der Waals surface area (Å²) >= 11 is 0. The van der Waals surface area contributed by atoms with Gasteiger partial charge in [-0.3, -0.25) is 19.9 Å². The molecule has 3 amide bonds. The summed E-state index contributed by atoms with van der Waals surface area (Å²) in [6.07, 6.45) is 5.15. The van der Waals surface area contributed by atoms with Crippen LogP contribution in [0.2, 0.25) is 0 Å². The molecule has 0 bridgehead atoms. The molecule has 0 spiro atoms. The third-order valence-corrected chi connectivity index (χ3v) is 5.39. The maximum Gasteiger partial charge on any atom is 0.318 e. The van der Waals surface area contributed by atoms with Gasteiger partial charge in [0.15, 0.2) is 0 Å². The first-order valence-corrected chi connectivity index (χ1v) is 9.25. The Morgan fingerprint density at radius 3 is 2.36 bits per heavy atom. The number of urea groups is 1. The molecule has 136 valence electrons. The molecule has 0 aliphatic carbocycles. The lowest BCUT2D eigenvalue weighted by Crippen LogP contribution is -2.47. The highest BCUT2D eigenvalue weighted by atomic mass is 16.2. The zero-order valence-electron chi connectivity index (χ0n) is 14.7. The van der Waals surface area contributed by atoms with E-state index < -0.39 is 6.03 Å². The molecule has 3 N–H and O–H groups in total. The summed E-state index contributed by atoms with van der Waals surface area (Å²) in [6, 6.07) is 10.9. The van der Waals surface area contributed by atoms with Gasteiger partial charge in [-0.1, -0.05) is 30.3 Å². The van der Waals surface area contributed by atoms with E-state index in [0.29, 0.717) is 25.0 Å². The van der Waals surface area contributed by atoms with E-state index in [1.807, 2.05) is 0 Å².